The lowest BCUT2D eigenvalue weighted by Gasteiger charge is -2.36. The zero-order chi connectivity index (χ0) is 16.7. The van der Waals surface area contributed by atoms with Crippen molar-refractivity contribution in [3.63, 3.8) is 0 Å². The standard InChI is InChI=1S/C16H18N4O4/c1-10-5-2-3-7-16(10)14(21)20(15(22)18-16)9-12-17-13(24-19-12)11-6-4-8-23-11/h4,6,8,10H,2-3,5,7,9H2,1H3,(H,18,22)/t10-,16+/m1/s1. The van der Waals surface area contributed by atoms with Gasteiger partial charge in [0.05, 0.1) is 12.8 Å². The minimum Gasteiger partial charge on any atom is -0.459 e. The lowest BCUT2D eigenvalue weighted by molar-refractivity contribution is -0.134. The summed E-state index contributed by atoms with van der Waals surface area (Å²) in [5.41, 5.74) is -0.775. The number of imide groups is 1. The third-order valence-electron chi connectivity index (χ3n) is 5.00. The molecule has 24 heavy (non-hydrogen) atoms. The molecule has 0 unspecified atom stereocenters. The summed E-state index contributed by atoms with van der Waals surface area (Å²) in [5, 5.41) is 6.74. The van der Waals surface area contributed by atoms with Crippen LogP contribution in [0.5, 0.6) is 0 Å². The second kappa shape index (κ2) is 5.47. The van der Waals surface area contributed by atoms with Gasteiger partial charge >= 0.3 is 6.03 Å². The van der Waals surface area contributed by atoms with Gasteiger partial charge in [-0.2, -0.15) is 4.98 Å². The fourth-order valence-electron chi connectivity index (χ4n) is 3.60. The largest absolute Gasteiger partial charge is 0.459 e. The quantitative estimate of drug-likeness (QED) is 0.867. The molecule has 1 N–H and O–H groups in total. The molecule has 2 aromatic heterocycles. The van der Waals surface area contributed by atoms with Crippen molar-refractivity contribution >= 4 is 11.9 Å². The van der Waals surface area contributed by atoms with Gasteiger partial charge in [-0.1, -0.05) is 24.9 Å². The van der Waals surface area contributed by atoms with Gasteiger partial charge in [0.1, 0.15) is 5.54 Å². The van der Waals surface area contributed by atoms with E-state index >= 15 is 0 Å². The minimum absolute atomic E-state index is 0.0106. The van der Waals surface area contributed by atoms with Crippen LogP contribution < -0.4 is 5.32 Å². The van der Waals surface area contributed by atoms with E-state index in [0.717, 1.165) is 19.3 Å². The average molecular weight is 330 g/mol. The summed E-state index contributed by atoms with van der Waals surface area (Å²) in [6.45, 7) is 2.01. The van der Waals surface area contributed by atoms with Gasteiger partial charge in [-0.15, -0.1) is 0 Å². The number of nitrogens with one attached hydrogen (secondary N) is 1. The van der Waals surface area contributed by atoms with Crippen LogP contribution >= 0.6 is 0 Å². The van der Waals surface area contributed by atoms with Crippen molar-refractivity contribution in [2.75, 3.05) is 0 Å². The predicted molar refractivity (Wildman–Crippen MR) is 81.4 cm³/mol. The highest BCUT2D eigenvalue weighted by Crippen LogP contribution is 2.38. The van der Waals surface area contributed by atoms with Crippen LogP contribution in [0, 0.1) is 5.92 Å². The van der Waals surface area contributed by atoms with Crippen LogP contribution in [0.25, 0.3) is 11.7 Å². The SMILES string of the molecule is C[C@@H]1CCCC[C@]12NC(=O)N(Cc1noc(-c3ccco3)n1)C2=O. The first kappa shape index (κ1) is 14.9. The van der Waals surface area contributed by atoms with Crippen molar-refractivity contribution in [2.24, 2.45) is 5.92 Å². The normalized spacial score (nSPS) is 27.0. The Bertz CT molecular complexity index is 769. The maximum atomic E-state index is 12.9. The first-order valence-corrected chi connectivity index (χ1v) is 8.11. The molecule has 0 aromatic carbocycles. The Morgan fingerprint density at radius 1 is 1.42 bits per heavy atom. The Hall–Kier alpha value is -2.64. The molecule has 2 fully saturated rings. The van der Waals surface area contributed by atoms with Crippen LogP contribution in [-0.4, -0.2) is 32.5 Å². The molecule has 2 atom stereocenters. The highest BCUT2D eigenvalue weighted by molar-refractivity contribution is 6.07. The predicted octanol–water partition coefficient (Wildman–Crippen LogP) is 2.33. The number of aromatic nitrogens is 2. The molecule has 1 aliphatic heterocycles. The molecule has 0 radical (unpaired) electrons. The van der Waals surface area contributed by atoms with E-state index in [4.69, 9.17) is 8.94 Å². The Kier molecular flexibility index (Phi) is 3.40. The monoisotopic (exact) mass is 330 g/mol. The highest BCUT2D eigenvalue weighted by atomic mass is 16.5. The van der Waals surface area contributed by atoms with E-state index in [9.17, 15) is 9.59 Å². The summed E-state index contributed by atoms with van der Waals surface area (Å²) in [4.78, 5) is 30.6. The summed E-state index contributed by atoms with van der Waals surface area (Å²) in [5.74, 6) is 0.872. The van der Waals surface area contributed by atoms with Gasteiger partial charge in [0.15, 0.2) is 11.6 Å². The van der Waals surface area contributed by atoms with Gasteiger partial charge in [-0.3, -0.25) is 9.69 Å². The molecule has 4 rings (SSSR count). The van der Waals surface area contributed by atoms with Crippen LogP contribution in [0.15, 0.2) is 27.3 Å². The molecule has 2 aromatic rings. The number of hydrogen-bond acceptors (Lipinski definition) is 6. The smallest absolute Gasteiger partial charge is 0.325 e. The number of amides is 3. The fraction of sp³-hybridized carbons (Fsp3) is 0.500. The molecule has 3 heterocycles. The Morgan fingerprint density at radius 2 is 2.29 bits per heavy atom. The van der Waals surface area contributed by atoms with E-state index in [-0.39, 0.29) is 30.1 Å². The van der Waals surface area contributed by atoms with Crippen LogP contribution in [0.1, 0.15) is 38.4 Å². The number of rotatable bonds is 3. The summed E-state index contributed by atoms with van der Waals surface area (Å²) in [6, 6.07) is 3.02. The maximum Gasteiger partial charge on any atom is 0.325 e. The number of carbonyl (C=O) groups is 2. The molecular weight excluding hydrogens is 312 g/mol. The molecule has 8 nitrogen and oxygen atoms in total. The molecule has 8 heteroatoms. The molecule has 3 amide bonds. The second-order valence-electron chi connectivity index (χ2n) is 6.43. The molecule has 1 saturated carbocycles. The van der Waals surface area contributed by atoms with E-state index in [1.807, 2.05) is 6.92 Å². The number of furan rings is 1. The molecule has 1 aliphatic carbocycles. The van der Waals surface area contributed by atoms with Gasteiger partial charge in [0.25, 0.3) is 11.8 Å². The van der Waals surface area contributed by atoms with Gasteiger partial charge < -0.3 is 14.3 Å². The van der Waals surface area contributed by atoms with E-state index in [0.29, 0.717) is 12.2 Å². The van der Waals surface area contributed by atoms with Gasteiger partial charge in [0.2, 0.25) is 0 Å². The third-order valence-corrected chi connectivity index (χ3v) is 5.00. The summed E-state index contributed by atoms with van der Waals surface area (Å²) < 4.78 is 10.3. The summed E-state index contributed by atoms with van der Waals surface area (Å²) >= 11 is 0. The lowest BCUT2D eigenvalue weighted by Crippen LogP contribution is -2.53. The van der Waals surface area contributed by atoms with E-state index in [1.54, 1.807) is 12.1 Å². The summed E-state index contributed by atoms with van der Waals surface area (Å²) in [6.07, 6.45) is 5.15. The fourth-order valence-corrected chi connectivity index (χ4v) is 3.60. The molecule has 2 aliphatic rings. The maximum absolute atomic E-state index is 12.9. The number of hydrogen-bond donors (Lipinski definition) is 1. The molecule has 0 bridgehead atoms. The van der Waals surface area contributed by atoms with Crippen molar-refractivity contribution in [2.45, 2.75) is 44.7 Å². The van der Waals surface area contributed by atoms with Gasteiger partial charge in [-0.05, 0) is 30.9 Å². The topological polar surface area (TPSA) is 101 Å². The average Bonchev–Trinajstić information content (AvgIpc) is 3.28. The minimum atomic E-state index is -0.775. The van der Waals surface area contributed by atoms with Crippen LogP contribution in [0.2, 0.25) is 0 Å². The number of nitrogens with zero attached hydrogens (tertiary/aromatic N) is 3. The first-order valence-electron chi connectivity index (χ1n) is 8.11. The molecule has 1 spiro atoms. The second-order valence-corrected chi connectivity index (χ2v) is 6.43. The van der Waals surface area contributed by atoms with Crippen molar-refractivity contribution in [1.82, 2.24) is 20.4 Å². The summed E-state index contributed by atoms with van der Waals surface area (Å²) in [7, 11) is 0. The first-order chi connectivity index (χ1) is 11.6. The molecular formula is C16H18N4O4. The van der Waals surface area contributed by atoms with Crippen molar-refractivity contribution < 1.29 is 18.5 Å². The highest BCUT2D eigenvalue weighted by Gasteiger charge is 2.55. The van der Waals surface area contributed by atoms with Crippen LogP contribution in [0.4, 0.5) is 4.79 Å². The molecule has 1 saturated heterocycles. The van der Waals surface area contributed by atoms with E-state index in [1.165, 1.54) is 11.2 Å². The molecule has 126 valence electrons. The lowest BCUT2D eigenvalue weighted by atomic mass is 9.73. The van der Waals surface area contributed by atoms with Gasteiger partial charge in [0, 0.05) is 0 Å². The van der Waals surface area contributed by atoms with Crippen LogP contribution in [-0.2, 0) is 11.3 Å². The van der Waals surface area contributed by atoms with Crippen molar-refractivity contribution in [3.05, 3.63) is 24.2 Å². The van der Waals surface area contributed by atoms with Crippen LogP contribution in [0.3, 0.4) is 0 Å². The Morgan fingerprint density at radius 3 is 3.04 bits per heavy atom. The Balaban J connectivity index is 1.55. The zero-order valence-electron chi connectivity index (χ0n) is 13.3. The van der Waals surface area contributed by atoms with E-state index < -0.39 is 11.6 Å². The van der Waals surface area contributed by atoms with Crippen molar-refractivity contribution in [3.8, 4) is 11.7 Å². The Labute approximate surface area is 138 Å². The van der Waals surface area contributed by atoms with E-state index in [2.05, 4.69) is 15.5 Å². The number of carbonyl (C=O) groups excluding carboxylic acids is 2. The third kappa shape index (κ3) is 2.21. The zero-order valence-corrected chi connectivity index (χ0v) is 13.3. The number of urea groups is 1. The van der Waals surface area contributed by atoms with Crippen molar-refractivity contribution in [1.29, 1.82) is 0 Å². The van der Waals surface area contributed by atoms with Gasteiger partial charge in [-0.25, -0.2) is 4.79 Å².